The van der Waals surface area contributed by atoms with Crippen molar-refractivity contribution < 1.29 is 19.6 Å². The third-order valence-electron chi connectivity index (χ3n) is 3.65. The van der Waals surface area contributed by atoms with Crippen LogP contribution in [-0.2, 0) is 9.53 Å². The molecule has 0 saturated carbocycles. The molecule has 2 rings (SSSR count). The van der Waals surface area contributed by atoms with E-state index < -0.39 is 16.4 Å². The number of carbonyl (C=O) groups excluding carboxylic acids is 1. The van der Waals surface area contributed by atoms with E-state index in [1.807, 2.05) is 0 Å². The summed E-state index contributed by atoms with van der Waals surface area (Å²) in [4.78, 5) is 22.3. The van der Waals surface area contributed by atoms with Crippen molar-refractivity contribution in [2.24, 2.45) is 0 Å². The summed E-state index contributed by atoms with van der Waals surface area (Å²) < 4.78 is 5.10. The van der Waals surface area contributed by atoms with Gasteiger partial charge in [-0.15, -0.1) is 0 Å². The molecule has 0 radical (unpaired) electrons. The summed E-state index contributed by atoms with van der Waals surface area (Å²) in [6.07, 6.45) is 0.485. The molecule has 1 amide bonds. The van der Waals surface area contributed by atoms with E-state index in [2.05, 4.69) is 5.32 Å². The van der Waals surface area contributed by atoms with Crippen LogP contribution in [0, 0.1) is 10.1 Å². The van der Waals surface area contributed by atoms with Gasteiger partial charge < -0.3 is 15.2 Å². The molecule has 1 aromatic carbocycles. The Kier molecular flexibility index (Phi) is 4.54. The van der Waals surface area contributed by atoms with E-state index >= 15 is 0 Å². The molecule has 1 aliphatic heterocycles. The van der Waals surface area contributed by atoms with Crippen molar-refractivity contribution in [1.29, 1.82) is 0 Å². The van der Waals surface area contributed by atoms with Crippen LogP contribution in [0.2, 0.25) is 0 Å². The fraction of sp³-hybridized carbons (Fsp3) is 0.500. The lowest BCUT2D eigenvalue weighted by Crippen LogP contribution is -2.44. The Balaban J connectivity index is 1.98. The SMILES string of the molecule is CC(C(=O)NCC1(O)CCOC1)c1cccc([N+](=O)[O-])c1. The molecule has 0 aromatic heterocycles. The molecule has 7 heteroatoms. The first-order chi connectivity index (χ1) is 9.91. The monoisotopic (exact) mass is 294 g/mol. The highest BCUT2D eigenvalue weighted by atomic mass is 16.6. The number of nitrogens with one attached hydrogen (secondary N) is 1. The van der Waals surface area contributed by atoms with Gasteiger partial charge >= 0.3 is 0 Å². The summed E-state index contributed by atoms with van der Waals surface area (Å²) in [6, 6.07) is 5.99. The molecular weight excluding hydrogens is 276 g/mol. The zero-order chi connectivity index (χ0) is 15.5. The minimum Gasteiger partial charge on any atom is -0.386 e. The Labute approximate surface area is 122 Å². The molecule has 1 heterocycles. The third kappa shape index (κ3) is 3.77. The highest BCUT2D eigenvalue weighted by Gasteiger charge is 2.33. The number of carbonyl (C=O) groups is 1. The number of ether oxygens (including phenoxy) is 1. The van der Waals surface area contributed by atoms with E-state index in [1.54, 1.807) is 19.1 Å². The van der Waals surface area contributed by atoms with Gasteiger partial charge in [-0.25, -0.2) is 0 Å². The molecule has 1 aromatic rings. The van der Waals surface area contributed by atoms with Gasteiger partial charge in [0.2, 0.25) is 5.91 Å². The highest BCUT2D eigenvalue weighted by Crippen LogP contribution is 2.22. The van der Waals surface area contributed by atoms with Crippen LogP contribution in [0.4, 0.5) is 5.69 Å². The van der Waals surface area contributed by atoms with Crippen molar-refractivity contribution in [3.63, 3.8) is 0 Å². The zero-order valence-electron chi connectivity index (χ0n) is 11.7. The second-order valence-electron chi connectivity index (χ2n) is 5.32. The van der Waals surface area contributed by atoms with Crippen molar-refractivity contribution in [2.75, 3.05) is 19.8 Å². The third-order valence-corrected chi connectivity index (χ3v) is 3.65. The van der Waals surface area contributed by atoms with Crippen molar-refractivity contribution in [1.82, 2.24) is 5.32 Å². The normalized spacial score (nSPS) is 22.8. The van der Waals surface area contributed by atoms with Gasteiger partial charge in [0.15, 0.2) is 0 Å². The molecule has 0 aliphatic carbocycles. The van der Waals surface area contributed by atoms with Crippen LogP contribution in [-0.4, -0.2) is 41.3 Å². The van der Waals surface area contributed by atoms with Gasteiger partial charge in [-0.1, -0.05) is 12.1 Å². The largest absolute Gasteiger partial charge is 0.386 e. The van der Waals surface area contributed by atoms with Gasteiger partial charge in [0, 0.05) is 31.7 Å². The van der Waals surface area contributed by atoms with Gasteiger partial charge in [0.25, 0.3) is 5.69 Å². The number of aliphatic hydroxyl groups is 1. The first-order valence-electron chi connectivity index (χ1n) is 6.73. The molecule has 2 N–H and O–H groups in total. The van der Waals surface area contributed by atoms with Gasteiger partial charge in [0.05, 0.1) is 17.4 Å². The minimum atomic E-state index is -1.02. The van der Waals surface area contributed by atoms with Gasteiger partial charge in [0.1, 0.15) is 5.60 Å². The lowest BCUT2D eigenvalue weighted by Gasteiger charge is -2.22. The first-order valence-corrected chi connectivity index (χ1v) is 6.73. The van der Waals surface area contributed by atoms with Crippen LogP contribution < -0.4 is 5.32 Å². The Morgan fingerprint density at radius 2 is 2.38 bits per heavy atom. The number of nitrogens with zero attached hydrogens (tertiary/aromatic N) is 1. The van der Waals surface area contributed by atoms with Crippen molar-refractivity contribution in [3.8, 4) is 0 Å². The van der Waals surface area contributed by atoms with Gasteiger partial charge in [-0.2, -0.15) is 0 Å². The van der Waals surface area contributed by atoms with Crippen LogP contribution in [0.5, 0.6) is 0 Å². The lowest BCUT2D eigenvalue weighted by atomic mass is 9.98. The van der Waals surface area contributed by atoms with E-state index in [1.165, 1.54) is 12.1 Å². The second kappa shape index (κ2) is 6.19. The summed E-state index contributed by atoms with van der Waals surface area (Å²) in [5.41, 5.74) is -0.496. The number of amides is 1. The fourth-order valence-electron chi connectivity index (χ4n) is 2.20. The van der Waals surface area contributed by atoms with Crippen LogP contribution in [0.1, 0.15) is 24.8 Å². The first kappa shape index (κ1) is 15.4. The molecule has 1 fully saturated rings. The molecule has 114 valence electrons. The second-order valence-corrected chi connectivity index (χ2v) is 5.32. The minimum absolute atomic E-state index is 0.0463. The number of hydrogen-bond acceptors (Lipinski definition) is 5. The molecule has 21 heavy (non-hydrogen) atoms. The Morgan fingerprint density at radius 3 is 3.00 bits per heavy atom. The molecule has 7 nitrogen and oxygen atoms in total. The molecule has 0 bridgehead atoms. The van der Waals surface area contributed by atoms with Crippen molar-refractivity contribution in [3.05, 3.63) is 39.9 Å². The van der Waals surface area contributed by atoms with Crippen LogP contribution >= 0.6 is 0 Å². The number of hydrogen-bond donors (Lipinski definition) is 2. The standard InChI is InChI=1S/C14H18N2O5/c1-10(11-3-2-4-12(7-11)16(19)20)13(17)15-8-14(18)5-6-21-9-14/h2-4,7,10,18H,5-6,8-9H2,1H3,(H,15,17). The van der Waals surface area contributed by atoms with Crippen LogP contribution in [0.3, 0.4) is 0 Å². The quantitative estimate of drug-likeness (QED) is 0.622. The van der Waals surface area contributed by atoms with Crippen LogP contribution in [0.25, 0.3) is 0 Å². The summed E-state index contributed by atoms with van der Waals surface area (Å²) in [5.74, 6) is -0.813. The number of benzene rings is 1. The highest BCUT2D eigenvalue weighted by molar-refractivity contribution is 5.83. The van der Waals surface area contributed by atoms with E-state index in [0.717, 1.165) is 0 Å². The fourth-order valence-corrected chi connectivity index (χ4v) is 2.20. The zero-order valence-corrected chi connectivity index (χ0v) is 11.7. The number of non-ortho nitro benzene ring substituents is 1. The number of nitro benzene ring substituents is 1. The van der Waals surface area contributed by atoms with E-state index in [9.17, 15) is 20.0 Å². The molecule has 0 spiro atoms. The Bertz CT molecular complexity index is 540. The van der Waals surface area contributed by atoms with E-state index in [0.29, 0.717) is 18.6 Å². The maximum atomic E-state index is 12.1. The average molecular weight is 294 g/mol. The number of rotatable bonds is 5. The van der Waals surface area contributed by atoms with E-state index in [-0.39, 0.29) is 24.7 Å². The van der Waals surface area contributed by atoms with Gasteiger partial charge in [-0.05, 0) is 12.5 Å². The molecular formula is C14H18N2O5. The summed E-state index contributed by atoms with van der Waals surface area (Å²) >= 11 is 0. The van der Waals surface area contributed by atoms with E-state index in [4.69, 9.17) is 4.74 Å². The number of nitro groups is 1. The molecule has 2 unspecified atom stereocenters. The smallest absolute Gasteiger partial charge is 0.269 e. The predicted octanol–water partition coefficient (Wildman–Crippen LogP) is 0.966. The summed E-state index contributed by atoms with van der Waals surface area (Å²) in [6.45, 7) is 2.47. The maximum absolute atomic E-state index is 12.1. The Morgan fingerprint density at radius 1 is 1.62 bits per heavy atom. The Hall–Kier alpha value is -1.99. The topological polar surface area (TPSA) is 102 Å². The average Bonchev–Trinajstić information content (AvgIpc) is 2.91. The van der Waals surface area contributed by atoms with Crippen molar-refractivity contribution in [2.45, 2.75) is 24.9 Å². The maximum Gasteiger partial charge on any atom is 0.269 e. The summed E-state index contributed by atoms with van der Waals surface area (Å²) in [7, 11) is 0. The molecule has 2 atom stereocenters. The molecule has 1 saturated heterocycles. The molecule has 1 aliphatic rings. The van der Waals surface area contributed by atoms with Crippen LogP contribution in [0.15, 0.2) is 24.3 Å². The predicted molar refractivity (Wildman–Crippen MR) is 74.9 cm³/mol. The lowest BCUT2D eigenvalue weighted by molar-refractivity contribution is -0.384. The van der Waals surface area contributed by atoms with Gasteiger partial charge in [-0.3, -0.25) is 14.9 Å². The summed E-state index contributed by atoms with van der Waals surface area (Å²) in [5, 5.41) is 23.5. The van der Waals surface area contributed by atoms with Crippen molar-refractivity contribution >= 4 is 11.6 Å².